The Hall–Kier alpha value is -1.57. The summed E-state index contributed by atoms with van der Waals surface area (Å²) in [6.45, 7) is 1.51. The fourth-order valence-electron chi connectivity index (χ4n) is 2.17. The highest BCUT2D eigenvalue weighted by Crippen LogP contribution is 2.31. The number of sulfonamides is 1. The van der Waals surface area contributed by atoms with Crippen molar-refractivity contribution in [1.82, 2.24) is 0 Å². The van der Waals surface area contributed by atoms with Crippen molar-refractivity contribution in [2.24, 2.45) is 0 Å². The van der Waals surface area contributed by atoms with Crippen LogP contribution in [0.3, 0.4) is 0 Å². The normalized spacial score (nSPS) is 11.3. The lowest BCUT2D eigenvalue weighted by atomic mass is 10.2. The van der Waals surface area contributed by atoms with Gasteiger partial charge in [0, 0.05) is 16.0 Å². The van der Waals surface area contributed by atoms with Gasteiger partial charge in [-0.05, 0) is 48.9 Å². The van der Waals surface area contributed by atoms with Crippen LogP contribution in [0.4, 0.5) is 5.69 Å². The Kier molecular flexibility index (Phi) is 5.90. The quantitative estimate of drug-likeness (QED) is 0.746. The van der Waals surface area contributed by atoms with Gasteiger partial charge in [0.05, 0.1) is 17.0 Å². The molecular weight excluding hydrogens is 418 g/mol. The second kappa shape index (κ2) is 7.55. The highest BCUT2D eigenvalue weighted by Gasteiger charge is 2.27. The van der Waals surface area contributed by atoms with E-state index in [0.717, 1.165) is 8.78 Å². The Morgan fingerprint density at radius 1 is 1.21 bits per heavy atom. The average molecular weight is 433 g/mol. The number of rotatable bonds is 6. The van der Waals surface area contributed by atoms with Gasteiger partial charge in [-0.3, -0.25) is 9.10 Å². The van der Waals surface area contributed by atoms with Gasteiger partial charge in [-0.2, -0.15) is 0 Å². The van der Waals surface area contributed by atoms with Gasteiger partial charge >= 0.3 is 5.97 Å². The fourth-order valence-corrected chi connectivity index (χ4v) is 4.12. The Labute approximate surface area is 154 Å². The Morgan fingerprint density at radius 3 is 2.42 bits per heavy atom. The molecule has 0 saturated heterocycles. The standard InChI is InChI=1S/C16H15BrClNO4S/c1-11-14(18)3-2-4-15(11)19(10-9-16(20)21)24(22,23)13-7-5-12(17)6-8-13/h2-8H,9-10H2,1H3,(H,20,21). The average Bonchev–Trinajstić information content (AvgIpc) is 2.51. The first-order valence-electron chi connectivity index (χ1n) is 6.98. The Morgan fingerprint density at radius 2 is 1.83 bits per heavy atom. The third-order valence-corrected chi connectivity index (χ3v) is 6.20. The fraction of sp³-hybridized carbons (Fsp3) is 0.188. The number of carbonyl (C=O) groups is 1. The molecule has 0 saturated carbocycles. The predicted octanol–water partition coefficient (Wildman–Crippen LogP) is 4.08. The van der Waals surface area contributed by atoms with Gasteiger partial charge < -0.3 is 5.11 Å². The van der Waals surface area contributed by atoms with Crippen LogP contribution in [-0.4, -0.2) is 26.0 Å². The van der Waals surface area contributed by atoms with Crippen LogP contribution in [-0.2, 0) is 14.8 Å². The first-order chi connectivity index (χ1) is 11.2. The molecule has 0 atom stereocenters. The number of anilines is 1. The molecule has 2 aromatic carbocycles. The lowest BCUT2D eigenvalue weighted by Gasteiger charge is -2.26. The van der Waals surface area contributed by atoms with E-state index in [-0.39, 0.29) is 17.9 Å². The summed E-state index contributed by atoms with van der Waals surface area (Å²) < 4.78 is 27.8. The molecule has 0 amide bonds. The molecule has 24 heavy (non-hydrogen) atoms. The molecule has 5 nitrogen and oxygen atoms in total. The number of hydrogen-bond donors (Lipinski definition) is 1. The molecule has 0 fully saturated rings. The van der Waals surface area contributed by atoms with E-state index in [4.69, 9.17) is 16.7 Å². The number of halogens is 2. The van der Waals surface area contributed by atoms with Crippen molar-refractivity contribution in [3.63, 3.8) is 0 Å². The van der Waals surface area contributed by atoms with E-state index in [2.05, 4.69) is 15.9 Å². The van der Waals surface area contributed by atoms with Gasteiger partial charge in [-0.15, -0.1) is 0 Å². The molecular formula is C16H15BrClNO4S. The SMILES string of the molecule is Cc1c(Cl)cccc1N(CCC(=O)O)S(=O)(=O)c1ccc(Br)cc1. The van der Waals surface area contributed by atoms with Crippen LogP contribution in [0.15, 0.2) is 51.8 Å². The van der Waals surface area contributed by atoms with Crippen molar-refractivity contribution in [2.45, 2.75) is 18.2 Å². The summed E-state index contributed by atoms with van der Waals surface area (Å²) in [5.41, 5.74) is 0.942. The van der Waals surface area contributed by atoms with Crippen LogP contribution in [0.25, 0.3) is 0 Å². The van der Waals surface area contributed by atoms with E-state index >= 15 is 0 Å². The van der Waals surface area contributed by atoms with Gasteiger partial charge in [0.25, 0.3) is 10.0 Å². The largest absolute Gasteiger partial charge is 0.481 e. The van der Waals surface area contributed by atoms with Crippen molar-refractivity contribution in [3.8, 4) is 0 Å². The molecule has 0 spiro atoms. The maximum absolute atomic E-state index is 13.0. The van der Waals surface area contributed by atoms with Crippen LogP contribution < -0.4 is 4.31 Å². The summed E-state index contributed by atoms with van der Waals surface area (Å²) in [4.78, 5) is 11.0. The number of nitrogens with zero attached hydrogens (tertiary/aromatic N) is 1. The zero-order chi connectivity index (χ0) is 17.9. The first kappa shape index (κ1) is 18.8. The van der Waals surface area contributed by atoms with E-state index in [1.165, 1.54) is 12.1 Å². The second-order valence-electron chi connectivity index (χ2n) is 5.06. The predicted molar refractivity (Wildman–Crippen MR) is 97.1 cm³/mol. The second-order valence-corrected chi connectivity index (χ2v) is 8.24. The van der Waals surface area contributed by atoms with Gasteiger partial charge in [0.15, 0.2) is 0 Å². The molecule has 0 heterocycles. The van der Waals surface area contributed by atoms with E-state index in [0.29, 0.717) is 16.3 Å². The number of carboxylic acid groups (broad SMARTS) is 1. The number of carboxylic acids is 1. The maximum atomic E-state index is 13.0. The summed E-state index contributed by atoms with van der Waals surface area (Å²) in [6, 6.07) is 11.1. The van der Waals surface area contributed by atoms with E-state index < -0.39 is 16.0 Å². The monoisotopic (exact) mass is 431 g/mol. The minimum atomic E-state index is -3.92. The summed E-state index contributed by atoms with van der Waals surface area (Å²) in [5.74, 6) is -1.08. The lowest BCUT2D eigenvalue weighted by molar-refractivity contribution is -0.136. The number of hydrogen-bond acceptors (Lipinski definition) is 3. The number of benzene rings is 2. The molecule has 1 N–H and O–H groups in total. The summed E-state index contributed by atoms with van der Waals surface area (Å²) in [5, 5.41) is 9.37. The van der Waals surface area contributed by atoms with Gasteiger partial charge in [-0.25, -0.2) is 8.42 Å². The zero-order valence-corrected chi connectivity index (χ0v) is 15.9. The maximum Gasteiger partial charge on any atom is 0.305 e. The Bertz CT molecular complexity index is 853. The van der Waals surface area contributed by atoms with Crippen molar-refractivity contribution in [2.75, 3.05) is 10.8 Å². The molecule has 0 bridgehead atoms. The lowest BCUT2D eigenvalue weighted by Crippen LogP contribution is -2.33. The molecule has 0 aliphatic carbocycles. The molecule has 0 unspecified atom stereocenters. The van der Waals surface area contributed by atoms with Crippen LogP contribution in [0.5, 0.6) is 0 Å². The van der Waals surface area contributed by atoms with Crippen LogP contribution in [0.1, 0.15) is 12.0 Å². The van der Waals surface area contributed by atoms with Crippen molar-refractivity contribution in [3.05, 3.63) is 57.5 Å². The van der Waals surface area contributed by atoms with E-state index in [9.17, 15) is 13.2 Å². The third kappa shape index (κ3) is 4.09. The summed E-state index contributed by atoms with van der Waals surface area (Å²) in [7, 11) is -3.92. The molecule has 0 aliphatic heterocycles. The summed E-state index contributed by atoms with van der Waals surface area (Å²) in [6.07, 6.45) is -0.318. The van der Waals surface area contributed by atoms with Gasteiger partial charge in [0.1, 0.15) is 0 Å². The van der Waals surface area contributed by atoms with E-state index in [1.807, 2.05) is 0 Å². The minimum absolute atomic E-state index is 0.0791. The smallest absolute Gasteiger partial charge is 0.305 e. The molecule has 0 aromatic heterocycles. The molecule has 128 valence electrons. The van der Waals surface area contributed by atoms with Crippen LogP contribution in [0, 0.1) is 6.92 Å². The molecule has 8 heteroatoms. The molecule has 2 rings (SSSR count). The number of aliphatic carboxylic acids is 1. The highest BCUT2D eigenvalue weighted by molar-refractivity contribution is 9.10. The molecule has 0 aliphatic rings. The van der Waals surface area contributed by atoms with Crippen molar-refractivity contribution >= 4 is 49.2 Å². The van der Waals surface area contributed by atoms with Crippen molar-refractivity contribution < 1.29 is 18.3 Å². The van der Waals surface area contributed by atoms with Crippen molar-refractivity contribution in [1.29, 1.82) is 0 Å². The first-order valence-corrected chi connectivity index (χ1v) is 9.60. The third-order valence-electron chi connectivity index (χ3n) is 3.44. The van der Waals surface area contributed by atoms with Crippen LogP contribution in [0.2, 0.25) is 5.02 Å². The molecule has 0 radical (unpaired) electrons. The van der Waals surface area contributed by atoms with E-state index in [1.54, 1.807) is 37.3 Å². The highest BCUT2D eigenvalue weighted by atomic mass is 79.9. The Balaban J connectivity index is 2.55. The zero-order valence-electron chi connectivity index (χ0n) is 12.7. The minimum Gasteiger partial charge on any atom is -0.481 e. The summed E-state index contributed by atoms with van der Waals surface area (Å²) >= 11 is 9.35. The molecule has 2 aromatic rings. The van der Waals surface area contributed by atoms with Gasteiger partial charge in [-0.1, -0.05) is 33.6 Å². The van der Waals surface area contributed by atoms with Crippen LogP contribution >= 0.6 is 27.5 Å². The van der Waals surface area contributed by atoms with Gasteiger partial charge in [0.2, 0.25) is 0 Å². The topological polar surface area (TPSA) is 74.7 Å².